The van der Waals surface area contributed by atoms with Crippen LogP contribution in [0.25, 0.3) is 22.3 Å². The highest BCUT2D eigenvalue weighted by Crippen LogP contribution is 2.53. The van der Waals surface area contributed by atoms with Crippen molar-refractivity contribution in [3.8, 4) is 5.75 Å². The number of benzene rings is 4. The molecule has 8 heterocycles. The Labute approximate surface area is 339 Å². The Bertz CT molecular complexity index is 3210. The fourth-order valence-electron chi connectivity index (χ4n) is 10.0. The van der Waals surface area contributed by atoms with Crippen LogP contribution < -0.4 is 26.3 Å². The molecular formula is C46H32B3N4O6+2. The molecule has 5 N–H and O–H groups in total. The van der Waals surface area contributed by atoms with Crippen LogP contribution in [0.2, 0.25) is 0 Å². The van der Waals surface area contributed by atoms with E-state index in [9.17, 15) is 25.1 Å². The molecule has 6 aromatic rings. The van der Waals surface area contributed by atoms with Crippen LogP contribution in [0.1, 0.15) is 39.2 Å². The fourth-order valence-corrected chi connectivity index (χ4v) is 10.0. The summed E-state index contributed by atoms with van der Waals surface area (Å²) in [6.45, 7) is 2.10. The van der Waals surface area contributed by atoms with Crippen molar-refractivity contribution < 1.29 is 38.9 Å². The van der Waals surface area contributed by atoms with E-state index >= 15 is 0 Å². The van der Waals surface area contributed by atoms with Crippen LogP contribution >= 0.6 is 0 Å². The topological polar surface area (TPSA) is 126 Å². The van der Waals surface area contributed by atoms with Crippen molar-refractivity contribution in [1.29, 1.82) is 0 Å². The predicted octanol–water partition coefficient (Wildman–Crippen LogP) is 0.997. The summed E-state index contributed by atoms with van der Waals surface area (Å²) in [6.07, 6.45) is 8.82. The minimum atomic E-state index is -1.59. The second kappa shape index (κ2) is 12.2. The Kier molecular flexibility index (Phi) is 7.07. The van der Waals surface area contributed by atoms with E-state index in [-0.39, 0.29) is 0 Å². The third-order valence-electron chi connectivity index (χ3n) is 12.4. The van der Waals surface area contributed by atoms with Gasteiger partial charge in [-0.2, -0.15) is 9.13 Å². The first kappa shape index (κ1) is 34.3. The standard InChI is InChI=1S/C46H32B3N4O6/c1-26-2-4-27(5-3-26)42-34-18-20-36-43(28-6-12-31(13-7-28)48(55)56)38-22-24-40-45(30-10-16-33(17-11-30)59-47-54)41-25-23-39-44(29-8-14-32(15-9-29)49(57)58)37-21-19-35(42)51(37)46(50(34)36,52(38)40)53(39)41/h2-25,54-58H,1H3/q+2. The third kappa shape index (κ3) is 4.40. The van der Waals surface area contributed by atoms with Gasteiger partial charge in [0.15, 0.2) is 0 Å². The Morgan fingerprint density at radius 3 is 1.37 bits per heavy atom. The van der Waals surface area contributed by atoms with Crippen molar-refractivity contribution in [2.75, 3.05) is 0 Å². The van der Waals surface area contributed by atoms with Crippen LogP contribution in [0, 0.1) is 6.92 Å². The smallest absolute Gasteiger partial charge is 0.537 e. The molecular weight excluding hydrogens is 737 g/mol. The lowest BCUT2D eigenvalue weighted by Crippen LogP contribution is -2.71. The Morgan fingerprint density at radius 1 is 0.508 bits per heavy atom. The first-order valence-corrected chi connectivity index (χ1v) is 19.4. The predicted molar refractivity (Wildman–Crippen MR) is 226 cm³/mol. The molecule has 10 nitrogen and oxygen atoms in total. The normalized spacial score (nSPS) is 18.6. The maximum absolute atomic E-state index is 10.0. The van der Waals surface area contributed by atoms with E-state index in [1.807, 2.05) is 48.5 Å². The Hall–Kier alpha value is -6.73. The van der Waals surface area contributed by atoms with Gasteiger partial charge in [-0.1, -0.05) is 99.6 Å². The summed E-state index contributed by atoms with van der Waals surface area (Å²) in [4.78, 5) is 0. The number of aryl methyl sites for hydroxylation is 1. The van der Waals surface area contributed by atoms with E-state index in [0.717, 1.165) is 89.4 Å². The molecule has 0 amide bonds. The summed E-state index contributed by atoms with van der Waals surface area (Å²) in [5.41, 5.74) is 16.0. The van der Waals surface area contributed by atoms with Gasteiger partial charge in [-0.05, 0) is 76.5 Å². The lowest BCUT2D eigenvalue weighted by Gasteiger charge is -2.41. The Balaban J connectivity index is 1.26. The van der Waals surface area contributed by atoms with Gasteiger partial charge in [0.2, 0.25) is 22.8 Å². The molecule has 4 aromatic carbocycles. The summed E-state index contributed by atoms with van der Waals surface area (Å²) < 4.78 is 15.2. The monoisotopic (exact) mass is 769 g/mol. The van der Waals surface area contributed by atoms with Gasteiger partial charge in [0, 0.05) is 24.3 Å². The molecule has 13 heteroatoms. The van der Waals surface area contributed by atoms with Gasteiger partial charge >= 0.3 is 27.8 Å². The van der Waals surface area contributed by atoms with Gasteiger partial charge in [-0.15, -0.1) is 0 Å². The highest BCUT2D eigenvalue weighted by molar-refractivity contribution is 6.59. The molecule has 2 aromatic heterocycles. The third-order valence-corrected chi connectivity index (χ3v) is 12.4. The fraction of sp³-hybridized carbons (Fsp3) is 0.0435. The highest BCUT2D eigenvalue weighted by atomic mass is 16.5. The highest BCUT2D eigenvalue weighted by Gasteiger charge is 2.72. The van der Waals surface area contributed by atoms with E-state index in [1.165, 1.54) is 5.56 Å². The van der Waals surface area contributed by atoms with E-state index in [2.05, 4.69) is 98.0 Å². The van der Waals surface area contributed by atoms with Crippen LogP contribution in [0.3, 0.4) is 0 Å². The van der Waals surface area contributed by atoms with E-state index in [0.29, 0.717) is 24.4 Å². The van der Waals surface area contributed by atoms with Crippen LogP contribution in [0.15, 0.2) is 157 Å². The van der Waals surface area contributed by atoms with E-state index < -0.39 is 20.1 Å². The Morgan fingerprint density at radius 2 is 0.932 bits per heavy atom. The van der Waals surface area contributed by atoms with E-state index in [1.54, 1.807) is 24.3 Å². The zero-order valence-electron chi connectivity index (χ0n) is 31.5. The van der Waals surface area contributed by atoms with Crippen molar-refractivity contribution in [2.24, 2.45) is 0 Å². The summed E-state index contributed by atoms with van der Waals surface area (Å²) >= 11 is 0. The molecule has 0 saturated heterocycles. The zero-order valence-corrected chi connectivity index (χ0v) is 31.5. The van der Waals surface area contributed by atoms with Crippen molar-refractivity contribution in [2.45, 2.75) is 12.8 Å². The zero-order chi connectivity index (χ0) is 39.9. The first-order chi connectivity index (χ1) is 28.8. The molecule has 1 radical (unpaired) electrons. The number of hydrogen-bond donors (Lipinski definition) is 5. The first-order valence-electron chi connectivity index (χ1n) is 19.4. The molecule has 279 valence electrons. The van der Waals surface area contributed by atoms with E-state index in [4.69, 9.17) is 4.65 Å². The van der Waals surface area contributed by atoms with Gasteiger partial charge in [-0.3, -0.25) is 0 Å². The number of aromatic nitrogens is 2. The largest absolute Gasteiger partial charge is 0.569 e. The number of allylic oxidation sites excluding steroid dienone is 4. The minimum absolute atomic E-state index is 0.410. The van der Waals surface area contributed by atoms with Crippen molar-refractivity contribution >= 4 is 66.6 Å². The van der Waals surface area contributed by atoms with Crippen molar-refractivity contribution in [3.05, 3.63) is 207 Å². The van der Waals surface area contributed by atoms with Gasteiger partial charge in [0.05, 0.1) is 44.4 Å². The lowest BCUT2D eigenvalue weighted by atomic mass is 9.79. The molecule has 1 unspecified atom stereocenters. The van der Waals surface area contributed by atoms with Crippen molar-refractivity contribution in [3.63, 3.8) is 0 Å². The van der Waals surface area contributed by atoms with Crippen LogP contribution in [0.5, 0.6) is 5.75 Å². The molecule has 59 heavy (non-hydrogen) atoms. The van der Waals surface area contributed by atoms with Crippen LogP contribution in [0.4, 0.5) is 0 Å². The molecule has 1 atom stereocenters. The quantitative estimate of drug-likeness (QED) is 0.116. The molecule has 0 bridgehead atoms. The molecule has 6 aliphatic heterocycles. The van der Waals surface area contributed by atoms with Crippen LogP contribution in [-0.4, -0.2) is 76.8 Å². The van der Waals surface area contributed by atoms with Gasteiger partial charge in [-0.25, -0.2) is 0 Å². The molecule has 0 fully saturated rings. The summed E-state index contributed by atoms with van der Waals surface area (Å²) in [5, 5.41) is 51.6. The lowest BCUT2D eigenvalue weighted by molar-refractivity contribution is -0.834. The second-order valence-electron chi connectivity index (χ2n) is 15.5. The average Bonchev–Trinajstić information content (AvgIpc) is 4.08. The van der Waals surface area contributed by atoms with Crippen molar-refractivity contribution in [1.82, 2.24) is 9.13 Å². The molecule has 6 aliphatic rings. The SMILES string of the molecule is Cc1ccc(C2=c3ccc4n3C35n6c(ccc6C(c6ccc(O[B]O)cc6)=C6C=CC(=[N+]63)C=4c3ccc(B(O)O)cc3)C(c3ccc(B(O)O)cc3)=C3C=CC2=[N+]35)cc1. The average molecular weight is 769 g/mol. The van der Waals surface area contributed by atoms with Gasteiger partial charge in [0.25, 0.3) is 0 Å². The molecule has 0 saturated carbocycles. The minimum Gasteiger partial charge on any atom is -0.537 e. The molecule has 1 spiro atoms. The maximum Gasteiger partial charge on any atom is 0.569 e. The number of hydrogen-bond acceptors (Lipinski definition) is 6. The van der Waals surface area contributed by atoms with Gasteiger partial charge < -0.3 is 29.8 Å². The number of rotatable bonds is 8. The molecule has 12 rings (SSSR count). The number of nitrogens with zero attached hydrogens (tertiary/aromatic N) is 4. The molecule has 0 aliphatic carbocycles. The summed E-state index contributed by atoms with van der Waals surface area (Å²) in [5.74, 6) is -0.500. The maximum atomic E-state index is 10.0. The van der Waals surface area contributed by atoms with Gasteiger partial charge in [0.1, 0.15) is 5.75 Å². The summed E-state index contributed by atoms with van der Waals surface area (Å²) in [6, 6.07) is 40.1. The second-order valence-corrected chi connectivity index (χ2v) is 15.5. The summed E-state index contributed by atoms with van der Waals surface area (Å²) in [7, 11) is -2.50. The van der Waals surface area contributed by atoms with Crippen LogP contribution in [-0.2, 0) is 5.91 Å².